The Hall–Kier alpha value is -0.520. The van der Waals surface area contributed by atoms with Crippen LogP contribution in [0.2, 0.25) is 0 Å². The highest BCUT2D eigenvalue weighted by Gasteiger charge is 2.05. The SMILES string of the molecule is C#CC(N)CC(C)COC. The van der Waals surface area contributed by atoms with Crippen LogP contribution in [0, 0.1) is 18.3 Å². The monoisotopic (exact) mass is 141 g/mol. The maximum Gasteiger partial charge on any atom is 0.0665 e. The van der Waals surface area contributed by atoms with E-state index < -0.39 is 0 Å². The molecular weight excluding hydrogens is 126 g/mol. The average Bonchev–Trinajstić information content (AvgIpc) is 1.88. The van der Waals surface area contributed by atoms with Crippen LogP contribution in [-0.2, 0) is 4.74 Å². The molecule has 0 radical (unpaired) electrons. The van der Waals surface area contributed by atoms with Gasteiger partial charge < -0.3 is 10.5 Å². The van der Waals surface area contributed by atoms with Gasteiger partial charge in [0, 0.05) is 13.7 Å². The van der Waals surface area contributed by atoms with E-state index in [9.17, 15) is 0 Å². The van der Waals surface area contributed by atoms with Gasteiger partial charge in [-0.1, -0.05) is 12.8 Å². The van der Waals surface area contributed by atoms with Gasteiger partial charge in [-0.05, 0) is 12.3 Å². The molecule has 2 atom stereocenters. The van der Waals surface area contributed by atoms with Gasteiger partial charge in [0.15, 0.2) is 0 Å². The van der Waals surface area contributed by atoms with Crippen LogP contribution in [0.3, 0.4) is 0 Å². The summed E-state index contributed by atoms with van der Waals surface area (Å²) in [5, 5.41) is 0. The summed E-state index contributed by atoms with van der Waals surface area (Å²) in [7, 11) is 1.68. The molecule has 0 saturated heterocycles. The molecule has 0 saturated carbocycles. The van der Waals surface area contributed by atoms with Gasteiger partial charge >= 0.3 is 0 Å². The van der Waals surface area contributed by atoms with E-state index in [2.05, 4.69) is 12.8 Å². The lowest BCUT2D eigenvalue weighted by atomic mass is 10.0. The standard InChI is InChI=1S/C8H15NO/c1-4-8(9)5-7(2)6-10-3/h1,7-8H,5-6,9H2,2-3H3. The van der Waals surface area contributed by atoms with Crippen LogP contribution in [-0.4, -0.2) is 19.8 Å². The largest absolute Gasteiger partial charge is 0.384 e. The van der Waals surface area contributed by atoms with E-state index in [0.29, 0.717) is 5.92 Å². The molecule has 10 heavy (non-hydrogen) atoms. The molecule has 0 spiro atoms. The van der Waals surface area contributed by atoms with Crippen LogP contribution in [0.15, 0.2) is 0 Å². The summed E-state index contributed by atoms with van der Waals surface area (Å²) in [5.41, 5.74) is 5.51. The van der Waals surface area contributed by atoms with Gasteiger partial charge in [-0.2, -0.15) is 0 Å². The molecule has 0 aliphatic heterocycles. The topological polar surface area (TPSA) is 35.2 Å². The van der Waals surface area contributed by atoms with Gasteiger partial charge in [-0.15, -0.1) is 6.42 Å². The van der Waals surface area contributed by atoms with Crippen molar-refractivity contribution < 1.29 is 4.74 Å². The number of methoxy groups -OCH3 is 1. The van der Waals surface area contributed by atoms with Gasteiger partial charge in [0.2, 0.25) is 0 Å². The minimum atomic E-state index is -0.120. The summed E-state index contributed by atoms with van der Waals surface area (Å²) < 4.78 is 4.92. The van der Waals surface area contributed by atoms with Crippen LogP contribution in [0.5, 0.6) is 0 Å². The lowest BCUT2D eigenvalue weighted by Crippen LogP contribution is -2.22. The van der Waals surface area contributed by atoms with Gasteiger partial charge in [0.05, 0.1) is 6.04 Å². The Labute approximate surface area is 62.7 Å². The maximum absolute atomic E-state index is 5.51. The zero-order valence-corrected chi connectivity index (χ0v) is 6.63. The third-order valence-electron chi connectivity index (χ3n) is 1.32. The molecular formula is C8H15NO. The predicted molar refractivity (Wildman–Crippen MR) is 42.5 cm³/mol. The Bertz CT molecular complexity index is 117. The van der Waals surface area contributed by atoms with E-state index in [0.717, 1.165) is 13.0 Å². The number of nitrogens with two attached hydrogens (primary N) is 1. The lowest BCUT2D eigenvalue weighted by Gasteiger charge is -2.11. The first kappa shape index (κ1) is 9.48. The van der Waals surface area contributed by atoms with E-state index in [4.69, 9.17) is 16.9 Å². The summed E-state index contributed by atoms with van der Waals surface area (Å²) in [6.07, 6.45) is 5.94. The van der Waals surface area contributed by atoms with Crippen molar-refractivity contribution in [3.8, 4) is 12.3 Å². The highest BCUT2D eigenvalue weighted by molar-refractivity contribution is 4.96. The van der Waals surface area contributed by atoms with Gasteiger partial charge in [0.25, 0.3) is 0 Å². The minimum Gasteiger partial charge on any atom is -0.384 e. The molecule has 0 aromatic heterocycles. The van der Waals surface area contributed by atoms with Gasteiger partial charge in [0.1, 0.15) is 0 Å². The lowest BCUT2D eigenvalue weighted by molar-refractivity contribution is 0.154. The summed E-state index contributed by atoms with van der Waals surface area (Å²) in [5.74, 6) is 2.93. The first-order chi connectivity index (χ1) is 4.70. The quantitative estimate of drug-likeness (QED) is 0.582. The van der Waals surface area contributed by atoms with Crippen LogP contribution in [0.4, 0.5) is 0 Å². The van der Waals surface area contributed by atoms with Crippen molar-refractivity contribution in [2.45, 2.75) is 19.4 Å². The van der Waals surface area contributed by atoms with Crippen LogP contribution in [0.1, 0.15) is 13.3 Å². The van der Waals surface area contributed by atoms with Crippen molar-refractivity contribution >= 4 is 0 Å². The number of terminal acetylenes is 1. The average molecular weight is 141 g/mol. The summed E-state index contributed by atoms with van der Waals surface area (Å²) in [6.45, 7) is 2.80. The molecule has 2 nitrogen and oxygen atoms in total. The Kier molecular flexibility index (Phi) is 5.00. The van der Waals surface area contributed by atoms with E-state index in [1.807, 2.05) is 0 Å². The Morgan fingerprint density at radius 2 is 2.30 bits per heavy atom. The predicted octanol–water partition coefficient (Wildman–Crippen LogP) is 0.619. The molecule has 2 heteroatoms. The van der Waals surface area contributed by atoms with Crippen LogP contribution in [0.25, 0.3) is 0 Å². The second-order valence-electron chi connectivity index (χ2n) is 2.57. The Morgan fingerprint density at radius 1 is 1.70 bits per heavy atom. The maximum atomic E-state index is 5.51. The summed E-state index contributed by atoms with van der Waals surface area (Å²) in [4.78, 5) is 0. The van der Waals surface area contributed by atoms with Crippen molar-refractivity contribution in [2.75, 3.05) is 13.7 Å². The van der Waals surface area contributed by atoms with Crippen molar-refractivity contribution in [3.63, 3.8) is 0 Å². The van der Waals surface area contributed by atoms with E-state index in [1.165, 1.54) is 0 Å². The molecule has 0 fully saturated rings. The second kappa shape index (κ2) is 5.28. The third-order valence-corrected chi connectivity index (χ3v) is 1.32. The molecule has 0 heterocycles. The number of hydrogen-bond donors (Lipinski definition) is 1. The first-order valence-corrected chi connectivity index (χ1v) is 3.41. The van der Waals surface area contributed by atoms with Gasteiger partial charge in [-0.25, -0.2) is 0 Å². The fraction of sp³-hybridized carbons (Fsp3) is 0.750. The van der Waals surface area contributed by atoms with Gasteiger partial charge in [-0.3, -0.25) is 0 Å². The van der Waals surface area contributed by atoms with Crippen LogP contribution >= 0.6 is 0 Å². The number of rotatable bonds is 4. The summed E-state index contributed by atoms with van der Waals surface area (Å²) >= 11 is 0. The Balaban J connectivity index is 3.39. The molecule has 2 unspecified atom stereocenters. The Morgan fingerprint density at radius 3 is 2.70 bits per heavy atom. The van der Waals surface area contributed by atoms with E-state index >= 15 is 0 Å². The highest BCUT2D eigenvalue weighted by atomic mass is 16.5. The van der Waals surface area contributed by atoms with Crippen LogP contribution < -0.4 is 5.73 Å². The molecule has 58 valence electrons. The number of hydrogen-bond acceptors (Lipinski definition) is 2. The van der Waals surface area contributed by atoms with Crippen molar-refractivity contribution in [1.82, 2.24) is 0 Å². The first-order valence-electron chi connectivity index (χ1n) is 3.41. The zero-order valence-electron chi connectivity index (χ0n) is 6.63. The van der Waals surface area contributed by atoms with E-state index in [-0.39, 0.29) is 6.04 Å². The molecule has 0 amide bonds. The fourth-order valence-electron chi connectivity index (χ4n) is 0.854. The zero-order chi connectivity index (χ0) is 7.98. The molecule has 0 aliphatic rings. The third kappa shape index (κ3) is 4.37. The van der Waals surface area contributed by atoms with E-state index in [1.54, 1.807) is 7.11 Å². The smallest absolute Gasteiger partial charge is 0.0665 e. The molecule has 0 aromatic carbocycles. The molecule has 0 aromatic rings. The second-order valence-corrected chi connectivity index (χ2v) is 2.57. The molecule has 0 aliphatic carbocycles. The molecule has 0 rings (SSSR count). The highest BCUT2D eigenvalue weighted by Crippen LogP contribution is 2.03. The number of ether oxygens (including phenoxy) is 1. The normalized spacial score (nSPS) is 15.8. The molecule has 2 N–H and O–H groups in total. The van der Waals surface area contributed by atoms with Crippen molar-refractivity contribution in [3.05, 3.63) is 0 Å². The summed E-state index contributed by atoms with van der Waals surface area (Å²) in [6, 6.07) is -0.120. The van der Waals surface area contributed by atoms with Crippen molar-refractivity contribution in [2.24, 2.45) is 11.7 Å². The molecule has 0 bridgehead atoms. The van der Waals surface area contributed by atoms with Crippen molar-refractivity contribution in [1.29, 1.82) is 0 Å². The fourth-order valence-corrected chi connectivity index (χ4v) is 0.854. The minimum absolute atomic E-state index is 0.120.